The van der Waals surface area contributed by atoms with Gasteiger partial charge in [-0.3, -0.25) is 4.79 Å². The monoisotopic (exact) mass is 427 g/mol. The molecule has 1 saturated heterocycles. The number of phenols is 2. The van der Waals surface area contributed by atoms with Gasteiger partial charge in [0.25, 0.3) is 0 Å². The Kier molecular flexibility index (Phi) is 5.56. The number of hydrogen-bond donors (Lipinski definition) is 3. The molecule has 1 aliphatic rings. The largest absolute Gasteiger partial charge is 0.507 e. The summed E-state index contributed by atoms with van der Waals surface area (Å²) in [6.07, 6.45) is 3.22. The summed E-state index contributed by atoms with van der Waals surface area (Å²) in [5, 5.41) is 32.0. The van der Waals surface area contributed by atoms with Crippen LogP contribution >= 0.6 is 11.6 Å². The Hall–Kier alpha value is -2.80. The van der Waals surface area contributed by atoms with E-state index in [1.165, 1.54) is 6.07 Å². The lowest BCUT2D eigenvalue weighted by Gasteiger charge is -2.34. The van der Waals surface area contributed by atoms with Gasteiger partial charge in [-0.25, -0.2) is 0 Å². The van der Waals surface area contributed by atoms with E-state index in [1.807, 2.05) is 24.1 Å². The van der Waals surface area contributed by atoms with Gasteiger partial charge in [-0.15, -0.1) is 0 Å². The zero-order valence-electron chi connectivity index (χ0n) is 16.4. The van der Waals surface area contributed by atoms with Gasteiger partial charge in [0.2, 0.25) is 0 Å². The highest BCUT2D eigenvalue weighted by atomic mass is 35.5. The Morgan fingerprint density at radius 3 is 2.70 bits per heavy atom. The van der Waals surface area contributed by atoms with E-state index < -0.39 is 17.5 Å². The van der Waals surface area contributed by atoms with Crippen LogP contribution in [-0.4, -0.2) is 46.5 Å². The Morgan fingerprint density at radius 1 is 1.17 bits per heavy atom. The van der Waals surface area contributed by atoms with Gasteiger partial charge in [-0.1, -0.05) is 29.8 Å². The summed E-state index contributed by atoms with van der Waals surface area (Å²) in [5.41, 5.74) is 0.843. The van der Waals surface area contributed by atoms with E-state index >= 15 is 0 Å². The van der Waals surface area contributed by atoms with Crippen molar-refractivity contribution in [2.75, 3.05) is 20.1 Å². The van der Waals surface area contributed by atoms with E-state index in [4.69, 9.17) is 16.0 Å². The van der Waals surface area contributed by atoms with Crippen molar-refractivity contribution < 1.29 is 19.7 Å². The van der Waals surface area contributed by atoms with Crippen molar-refractivity contribution in [2.24, 2.45) is 0 Å². The highest BCUT2D eigenvalue weighted by molar-refractivity contribution is 6.30. The number of β-amino-alcohol motifs (C(OH)–C–C–N with tert-alkyl or cyclic N) is 1. The number of hydrogen-bond acceptors (Lipinski definition) is 6. The number of aliphatic hydroxyl groups is 1. The van der Waals surface area contributed by atoms with E-state index in [0.29, 0.717) is 23.6 Å². The number of nitrogens with zero attached hydrogens (tertiary/aromatic N) is 1. The Balaban J connectivity index is 1.85. The number of piperidine rings is 1. The first-order valence-electron chi connectivity index (χ1n) is 9.66. The van der Waals surface area contributed by atoms with Crippen LogP contribution < -0.4 is 5.43 Å². The van der Waals surface area contributed by atoms with Crippen molar-refractivity contribution in [1.82, 2.24) is 4.90 Å². The molecule has 2 unspecified atom stereocenters. The van der Waals surface area contributed by atoms with Crippen LogP contribution in [0.25, 0.3) is 23.1 Å². The lowest BCUT2D eigenvalue weighted by Crippen LogP contribution is -2.40. The van der Waals surface area contributed by atoms with E-state index in [0.717, 1.165) is 18.2 Å². The Bertz CT molecular complexity index is 1190. The summed E-state index contributed by atoms with van der Waals surface area (Å²) in [6, 6.07) is 9.64. The molecule has 0 spiro atoms. The normalized spacial score (nSPS) is 20.2. The third-order valence-electron chi connectivity index (χ3n) is 5.46. The average Bonchev–Trinajstić information content (AvgIpc) is 2.67. The molecule has 3 aromatic rings. The number of halogens is 1. The highest BCUT2D eigenvalue weighted by Crippen LogP contribution is 2.41. The number of benzene rings is 2. The van der Waals surface area contributed by atoms with Gasteiger partial charge >= 0.3 is 0 Å². The summed E-state index contributed by atoms with van der Waals surface area (Å²) >= 11 is 6.01. The lowest BCUT2D eigenvalue weighted by atomic mass is 9.85. The van der Waals surface area contributed by atoms with E-state index in [9.17, 15) is 20.1 Å². The lowest BCUT2D eigenvalue weighted by molar-refractivity contribution is 0.0630. The molecule has 7 heteroatoms. The van der Waals surface area contributed by atoms with Crippen LogP contribution in [0.2, 0.25) is 5.02 Å². The van der Waals surface area contributed by atoms with Gasteiger partial charge in [0, 0.05) is 35.2 Å². The second kappa shape index (κ2) is 8.14. The number of fused-ring (bicyclic) bond motifs is 1. The topological polar surface area (TPSA) is 94.1 Å². The number of likely N-dealkylation sites (N-methyl/N-ethyl adjacent to an activating group) is 1. The zero-order valence-corrected chi connectivity index (χ0v) is 17.1. The van der Waals surface area contributed by atoms with Crippen molar-refractivity contribution in [3.8, 4) is 11.5 Å². The first kappa shape index (κ1) is 20.5. The van der Waals surface area contributed by atoms with Gasteiger partial charge < -0.3 is 24.6 Å². The number of aromatic hydroxyl groups is 2. The third-order valence-corrected chi connectivity index (χ3v) is 5.70. The number of aliphatic hydroxyl groups excluding tert-OH is 1. The summed E-state index contributed by atoms with van der Waals surface area (Å²) in [4.78, 5) is 14.7. The molecule has 0 amide bonds. The van der Waals surface area contributed by atoms with Crippen LogP contribution in [0.15, 0.2) is 45.6 Å². The highest BCUT2D eigenvalue weighted by Gasteiger charge is 2.32. The van der Waals surface area contributed by atoms with Crippen LogP contribution in [0.4, 0.5) is 0 Å². The zero-order chi connectivity index (χ0) is 21.4. The molecule has 2 heterocycles. The molecular formula is C23H22ClNO5. The fourth-order valence-electron chi connectivity index (χ4n) is 4.00. The average molecular weight is 428 g/mol. The Labute approximate surface area is 178 Å². The molecule has 0 radical (unpaired) electrons. The van der Waals surface area contributed by atoms with Gasteiger partial charge in [0.15, 0.2) is 5.43 Å². The second-order valence-electron chi connectivity index (χ2n) is 7.66. The van der Waals surface area contributed by atoms with Crippen LogP contribution in [0.3, 0.4) is 0 Å². The van der Waals surface area contributed by atoms with Crippen LogP contribution in [-0.2, 0) is 0 Å². The van der Waals surface area contributed by atoms with E-state index in [-0.39, 0.29) is 28.2 Å². The first-order valence-corrected chi connectivity index (χ1v) is 10.0. The fourth-order valence-corrected chi connectivity index (χ4v) is 4.19. The molecule has 2 atom stereocenters. The second-order valence-corrected chi connectivity index (χ2v) is 8.10. The van der Waals surface area contributed by atoms with Crippen molar-refractivity contribution in [2.45, 2.75) is 18.4 Å². The molecule has 1 aliphatic heterocycles. The summed E-state index contributed by atoms with van der Waals surface area (Å²) in [5.74, 6) is -0.707. The molecule has 30 heavy (non-hydrogen) atoms. The quantitative estimate of drug-likeness (QED) is 0.588. The minimum atomic E-state index is -0.738. The van der Waals surface area contributed by atoms with Gasteiger partial charge in [0.05, 0.1) is 6.10 Å². The molecule has 3 N–H and O–H groups in total. The van der Waals surface area contributed by atoms with Crippen molar-refractivity contribution in [1.29, 1.82) is 0 Å². The molecule has 1 aromatic heterocycles. The van der Waals surface area contributed by atoms with Crippen LogP contribution in [0.1, 0.15) is 29.2 Å². The fraction of sp³-hybridized carbons (Fsp3) is 0.261. The minimum absolute atomic E-state index is 0.00571. The Morgan fingerprint density at radius 2 is 1.97 bits per heavy atom. The molecule has 0 bridgehead atoms. The van der Waals surface area contributed by atoms with Crippen LogP contribution in [0.5, 0.6) is 11.5 Å². The molecule has 4 rings (SSSR count). The minimum Gasteiger partial charge on any atom is -0.507 e. The van der Waals surface area contributed by atoms with Crippen molar-refractivity contribution >= 4 is 34.7 Å². The van der Waals surface area contributed by atoms with Gasteiger partial charge in [0.1, 0.15) is 28.2 Å². The number of rotatable bonds is 3. The maximum Gasteiger partial charge on any atom is 0.197 e. The number of likely N-dealkylation sites (tertiary alicyclic amines) is 1. The smallest absolute Gasteiger partial charge is 0.197 e. The molecular weight excluding hydrogens is 406 g/mol. The summed E-state index contributed by atoms with van der Waals surface area (Å²) < 4.78 is 5.95. The summed E-state index contributed by atoms with van der Waals surface area (Å²) in [6.45, 7) is 1.16. The van der Waals surface area contributed by atoms with E-state index in [1.54, 1.807) is 24.3 Å². The summed E-state index contributed by atoms with van der Waals surface area (Å²) in [7, 11) is 1.91. The van der Waals surface area contributed by atoms with E-state index in [2.05, 4.69) is 0 Å². The molecule has 1 fully saturated rings. The molecule has 0 aliphatic carbocycles. The third kappa shape index (κ3) is 3.94. The maximum atomic E-state index is 12.7. The van der Waals surface area contributed by atoms with Gasteiger partial charge in [-0.05, 0) is 43.8 Å². The maximum absolute atomic E-state index is 12.7. The van der Waals surface area contributed by atoms with Crippen molar-refractivity contribution in [3.63, 3.8) is 0 Å². The molecule has 0 saturated carbocycles. The van der Waals surface area contributed by atoms with Crippen molar-refractivity contribution in [3.05, 3.63) is 68.5 Å². The van der Waals surface area contributed by atoms with Crippen LogP contribution in [0, 0.1) is 0 Å². The molecule has 156 valence electrons. The molecule has 6 nitrogen and oxygen atoms in total. The SMILES string of the molecule is CN1CCC(c2c(O)cc(O)c3c(=O)cc(C=Cc4cccc(Cl)c4)oc23)C(O)C1. The predicted molar refractivity (Wildman–Crippen MR) is 117 cm³/mol. The van der Waals surface area contributed by atoms with Gasteiger partial charge in [-0.2, -0.15) is 0 Å². The first-order chi connectivity index (χ1) is 14.3. The molecule has 2 aromatic carbocycles. The standard InChI is InChI=1S/C23H22ClNO5/c1-25-8-7-16(20(29)12-25)21-18(27)11-19(28)22-17(26)10-15(30-23(21)22)6-5-13-3-2-4-14(24)9-13/h2-6,9-11,16,20,27-29H,7-8,12H2,1H3. The predicted octanol–water partition coefficient (Wildman–Crippen LogP) is 3.81. The number of phenolic OH excluding ortho intramolecular Hbond substituents is 2.